The smallest absolute Gasteiger partial charge is 0.338 e. The molecule has 0 saturated carbocycles. The maximum atomic E-state index is 12.7. The van der Waals surface area contributed by atoms with E-state index in [1.807, 2.05) is 67.0 Å². The number of imidazole rings is 1. The number of nitrogens with zero attached hydrogens (tertiary/aromatic N) is 1. The molecule has 3 N–H and O–H groups in total. The Kier molecular flexibility index (Phi) is 9.33. The van der Waals surface area contributed by atoms with Gasteiger partial charge in [-0.1, -0.05) is 81.3 Å². The second-order valence-electron chi connectivity index (χ2n) is 10.1. The van der Waals surface area contributed by atoms with Gasteiger partial charge in [-0.05, 0) is 36.6 Å². The molecule has 0 radical (unpaired) electrons. The summed E-state index contributed by atoms with van der Waals surface area (Å²) >= 11 is 0. The first-order chi connectivity index (χ1) is 20.6. The van der Waals surface area contributed by atoms with Crippen LogP contribution in [0, 0.1) is 0 Å². The standard InChI is InChI=1S/C34H36N4O4/c1-3-5-18-41-33(39)27-16-9-7-14-25(27)31-35-21-29(37-31)23-12-11-13-24(20-23)30-22-36-32(38-30)26-15-8-10-17-28(26)34(40)42-19-6-4-2/h7-17,20-22,31,35,37H,3-6,18-19H2,1-2H3,(H,36,38). The molecule has 0 amide bonds. The molecule has 0 fully saturated rings. The number of nitrogens with one attached hydrogen (secondary N) is 3. The van der Waals surface area contributed by atoms with Crippen LogP contribution in [0.15, 0.2) is 85.2 Å². The number of carbonyl (C=O) groups is 2. The number of carbonyl (C=O) groups excluding carboxylic acids is 2. The Morgan fingerprint density at radius 3 is 2.24 bits per heavy atom. The largest absolute Gasteiger partial charge is 0.462 e. The third-order valence-corrected chi connectivity index (χ3v) is 7.10. The predicted octanol–water partition coefficient (Wildman–Crippen LogP) is 6.85. The lowest BCUT2D eigenvalue weighted by molar-refractivity contribution is 0.0489. The Morgan fingerprint density at radius 1 is 0.810 bits per heavy atom. The summed E-state index contributed by atoms with van der Waals surface area (Å²) in [7, 11) is 0. The molecule has 4 aromatic rings. The Morgan fingerprint density at radius 2 is 1.48 bits per heavy atom. The average Bonchev–Trinajstić information content (AvgIpc) is 3.72. The lowest BCUT2D eigenvalue weighted by atomic mass is 10.0. The van der Waals surface area contributed by atoms with Crippen molar-refractivity contribution >= 4 is 17.6 Å². The van der Waals surface area contributed by atoms with Crippen LogP contribution in [0.25, 0.3) is 28.3 Å². The van der Waals surface area contributed by atoms with Gasteiger partial charge in [0.1, 0.15) is 12.0 Å². The number of unbranched alkanes of at least 4 members (excludes halogenated alkanes) is 2. The summed E-state index contributed by atoms with van der Waals surface area (Å²) in [5.74, 6) is -0.0693. The maximum absolute atomic E-state index is 12.7. The molecule has 1 aliphatic heterocycles. The van der Waals surface area contributed by atoms with Gasteiger partial charge in [-0.25, -0.2) is 14.6 Å². The van der Waals surface area contributed by atoms with Gasteiger partial charge in [0.25, 0.3) is 0 Å². The number of rotatable bonds is 12. The van der Waals surface area contributed by atoms with E-state index in [9.17, 15) is 9.59 Å². The van der Waals surface area contributed by atoms with Crippen LogP contribution in [-0.2, 0) is 9.47 Å². The van der Waals surface area contributed by atoms with Gasteiger partial charge in [-0.15, -0.1) is 0 Å². The SMILES string of the molecule is CCCCOC(=O)c1ccccc1-c1nc(-c2cccc(C3=CNC(c4ccccc4C(=O)OCCCC)N3)c2)c[nH]1. The fourth-order valence-corrected chi connectivity index (χ4v) is 4.77. The van der Waals surface area contributed by atoms with E-state index in [0.29, 0.717) is 35.7 Å². The van der Waals surface area contributed by atoms with Crippen LogP contribution in [0.3, 0.4) is 0 Å². The molecule has 1 atom stereocenters. The van der Waals surface area contributed by atoms with E-state index < -0.39 is 0 Å². The van der Waals surface area contributed by atoms with E-state index in [-0.39, 0.29) is 18.1 Å². The average molecular weight is 565 g/mol. The molecule has 1 unspecified atom stereocenters. The highest BCUT2D eigenvalue weighted by Gasteiger charge is 2.24. The Hall–Kier alpha value is -4.85. The van der Waals surface area contributed by atoms with E-state index in [1.165, 1.54) is 0 Å². The Labute approximate surface area is 246 Å². The van der Waals surface area contributed by atoms with Gasteiger partial charge in [0, 0.05) is 29.1 Å². The van der Waals surface area contributed by atoms with Gasteiger partial charge in [0.05, 0.1) is 35.7 Å². The van der Waals surface area contributed by atoms with Crippen LogP contribution in [0.5, 0.6) is 0 Å². The van der Waals surface area contributed by atoms with Crippen LogP contribution in [-0.4, -0.2) is 35.1 Å². The summed E-state index contributed by atoms with van der Waals surface area (Å²) in [5, 5.41) is 6.86. The minimum Gasteiger partial charge on any atom is -0.462 e. The summed E-state index contributed by atoms with van der Waals surface area (Å²) in [6, 6.07) is 22.9. The predicted molar refractivity (Wildman–Crippen MR) is 163 cm³/mol. The normalized spacial score (nSPS) is 14.0. The number of H-pyrrole nitrogens is 1. The summed E-state index contributed by atoms with van der Waals surface area (Å²) < 4.78 is 10.9. The van der Waals surface area contributed by atoms with Crippen molar-refractivity contribution in [3.05, 3.63) is 107 Å². The summed E-state index contributed by atoms with van der Waals surface area (Å²) in [6.45, 7) is 4.93. The number of aromatic nitrogens is 2. The van der Waals surface area contributed by atoms with E-state index >= 15 is 0 Å². The zero-order valence-corrected chi connectivity index (χ0v) is 24.0. The van der Waals surface area contributed by atoms with Gasteiger partial charge in [-0.3, -0.25) is 0 Å². The van der Waals surface area contributed by atoms with Crippen LogP contribution < -0.4 is 10.6 Å². The quantitative estimate of drug-likeness (QED) is 0.128. The van der Waals surface area contributed by atoms with Crippen molar-refractivity contribution in [2.45, 2.75) is 45.7 Å². The Bertz CT molecular complexity index is 1580. The van der Waals surface area contributed by atoms with Crippen LogP contribution >= 0.6 is 0 Å². The van der Waals surface area contributed by atoms with Crippen molar-refractivity contribution in [1.82, 2.24) is 20.6 Å². The first kappa shape index (κ1) is 28.7. The number of esters is 2. The fraction of sp³-hybridized carbons (Fsp3) is 0.265. The van der Waals surface area contributed by atoms with E-state index in [1.54, 1.807) is 12.1 Å². The van der Waals surface area contributed by atoms with Crippen LogP contribution in [0.1, 0.15) is 77.5 Å². The molecule has 3 aromatic carbocycles. The third kappa shape index (κ3) is 6.54. The monoisotopic (exact) mass is 564 g/mol. The molecule has 2 heterocycles. The number of hydrogen-bond acceptors (Lipinski definition) is 7. The van der Waals surface area contributed by atoms with Gasteiger partial charge in [0.2, 0.25) is 0 Å². The van der Waals surface area contributed by atoms with E-state index in [4.69, 9.17) is 14.5 Å². The van der Waals surface area contributed by atoms with Crippen LogP contribution in [0.4, 0.5) is 0 Å². The molecule has 5 rings (SSSR count). The fourth-order valence-electron chi connectivity index (χ4n) is 4.77. The zero-order chi connectivity index (χ0) is 29.3. The van der Waals surface area contributed by atoms with Crippen molar-refractivity contribution in [2.24, 2.45) is 0 Å². The molecule has 216 valence electrons. The van der Waals surface area contributed by atoms with Gasteiger partial charge in [-0.2, -0.15) is 0 Å². The molecular formula is C34H36N4O4. The van der Waals surface area contributed by atoms with Gasteiger partial charge >= 0.3 is 11.9 Å². The second kappa shape index (κ2) is 13.7. The molecule has 42 heavy (non-hydrogen) atoms. The first-order valence-corrected chi connectivity index (χ1v) is 14.5. The molecule has 0 saturated heterocycles. The molecular weight excluding hydrogens is 528 g/mol. The lowest BCUT2D eigenvalue weighted by Crippen LogP contribution is -2.25. The van der Waals surface area contributed by atoms with Crippen molar-refractivity contribution in [3.8, 4) is 22.6 Å². The van der Waals surface area contributed by atoms with Crippen molar-refractivity contribution < 1.29 is 19.1 Å². The highest BCUT2D eigenvalue weighted by molar-refractivity contribution is 5.96. The van der Waals surface area contributed by atoms with Crippen molar-refractivity contribution in [1.29, 1.82) is 0 Å². The van der Waals surface area contributed by atoms with Crippen LogP contribution in [0.2, 0.25) is 0 Å². The van der Waals surface area contributed by atoms with E-state index in [0.717, 1.165) is 53.8 Å². The number of aromatic amines is 1. The first-order valence-electron chi connectivity index (χ1n) is 14.5. The van der Waals surface area contributed by atoms with Crippen molar-refractivity contribution in [2.75, 3.05) is 13.2 Å². The van der Waals surface area contributed by atoms with Crippen molar-refractivity contribution in [3.63, 3.8) is 0 Å². The molecule has 8 nitrogen and oxygen atoms in total. The minimum atomic E-state index is -0.351. The number of ether oxygens (including phenoxy) is 2. The lowest BCUT2D eigenvalue weighted by Gasteiger charge is -2.18. The van der Waals surface area contributed by atoms with Gasteiger partial charge < -0.3 is 25.1 Å². The summed E-state index contributed by atoms with van der Waals surface area (Å²) in [6.07, 6.45) is 7.07. The highest BCUT2D eigenvalue weighted by Crippen LogP contribution is 2.29. The molecule has 8 heteroatoms. The molecule has 1 aromatic heterocycles. The minimum absolute atomic E-state index is 0.274. The zero-order valence-electron chi connectivity index (χ0n) is 24.0. The highest BCUT2D eigenvalue weighted by atomic mass is 16.5. The topological polar surface area (TPSA) is 105 Å². The Balaban J connectivity index is 1.31. The van der Waals surface area contributed by atoms with Gasteiger partial charge in [0.15, 0.2) is 0 Å². The molecule has 0 spiro atoms. The number of benzene rings is 3. The molecule has 0 bridgehead atoms. The molecule has 1 aliphatic rings. The summed E-state index contributed by atoms with van der Waals surface area (Å²) in [5.41, 5.74) is 6.08. The number of hydrogen-bond donors (Lipinski definition) is 3. The van der Waals surface area contributed by atoms with E-state index in [2.05, 4.69) is 35.5 Å². The summed E-state index contributed by atoms with van der Waals surface area (Å²) in [4.78, 5) is 33.5. The third-order valence-electron chi connectivity index (χ3n) is 7.10. The molecule has 0 aliphatic carbocycles. The maximum Gasteiger partial charge on any atom is 0.338 e. The second-order valence-corrected chi connectivity index (χ2v) is 10.1.